The van der Waals surface area contributed by atoms with Crippen molar-refractivity contribution in [2.24, 2.45) is 23.7 Å². The molecular formula is C10H16I-. The van der Waals surface area contributed by atoms with Crippen LogP contribution >= 0.6 is 0 Å². The van der Waals surface area contributed by atoms with Crippen LogP contribution in [0.3, 0.4) is 0 Å². The van der Waals surface area contributed by atoms with Crippen LogP contribution in [0.2, 0.25) is 0 Å². The predicted molar refractivity (Wildman–Crippen MR) is 42.2 cm³/mol. The molecule has 3 unspecified atom stereocenters. The normalized spacial score (nSPS) is 55.3. The van der Waals surface area contributed by atoms with E-state index in [-0.39, 0.29) is 0 Å². The third kappa shape index (κ3) is 0.991. The van der Waals surface area contributed by atoms with Gasteiger partial charge in [0.25, 0.3) is 0 Å². The summed E-state index contributed by atoms with van der Waals surface area (Å²) in [7, 11) is 0. The molecule has 4 atom stereocenters. The minimum absolute atomic E-state index is 0.670. The van der Waals surface area contributed by atoms with E-state index in [1.165, 1.54) is 23.7 Å². The van der Waals surface area contributed by atoms with Gasteiger partial charge in [-0.3, -0.25) is 0 Å². The fraction of sp³-hybridized carbons (Fsp3) is 1.00. The molecule has 0 amide bonds. The van der Waals surface area contributed by atoms with Gasteiger partial charge in [-0.2, -0.15) is 0 Å². The Morgan fingerprint density at radius 1 is 0.909 bits per heavy atom. The van der Waals surface area contributed by atoms with Gasteiger partial charge in [0.05, 0.1) is 0 Å². The van der Waals surface area contributed by atoms with Crippen molar-refractivity contribution in [3.05, 3.63) is 0 Å². The van der Waals surface area contributed by atoms with E-state index in [1.807, 2.05) is 0 Å². The number of fused-ring (bicyclic) bond motifs is 5. The van der Waals surface area contributed by atoms with Gasteiger partial charge < -0.3 is 0 Å². The molecule has 64 valence electrons. The quantitative estimate of drug-likeness (QED) is 0.394. The first kappa shape index (κ1) is 7.16. The summed E-state index contributed by atoms with van der Waals surface area (Å²) in [5, 5.41) is 0. The second-order valence-corrected chi connectivity index (χ2v) is 7.35. The van der Waals surface area contributed by atoms with Crippen molar-refractivity contribution < 1.29 is 21.2 Å². The van der Waals surface area contributed by atoms with Gasteiger partial charge in [0.15, 0.2) is 0 Å². The van der Waals surface area contributed by atoms with Crippen molar-refractivity contribution in [1.29, 1.82) is 0 Å². The Kier molecular flexibility index (Phi) is 1.70. The molecule has 3 aliphatic rings. The van der Waals surface area contributed by atoms with Crippen molar-refractivity contribution in [2.75, 3.05) is 8.86 Å². The van der Waals surface area contributed by atoms with Gasteiger partial charge >= 0.3 is 79.4 Å². The van der Waals surface area contributed by atoms with Gasteiger partial charge in [0, 0.05) is 0 Å². The Labute approximate surface area is 79.4 Å². The first-order valence-electron chi connectivity index (χ1n) is 4.98. The molecule has 1 heterocycles. The van der Waals surface area contributed by atoms with E-state index in [2.05, 4.69) is 0 Å². The zero-order valence-electron chi connectivity index (χ0n) is 6.93. The predicted octanol–water partition coefficient (Wildman–Crippen LogP) is -0.859. The third-order valence-electron chi connectivity index (χ3n) is 4.06. The van der Waals surface area contributed by atoms with Crippen molar-refractivity contribution in [2.45, 2.75) is 25.7 Å². The summed E-state index contributed by atoms with van der Waals surface area (Å²) in [4.78, 5) is 0. The third-order valence-corrected chi connectivity index (χ3v) is 7.56. The Morgan fingerprint density at radius 3 is 2.18 bits per heavy atom. The second-order valence-electron chi connectivity index (χ2n) is 4.51. The van der Waals surface area contributed by atoms with Gasteiger partial charge in [-0.05, 0) is 0 Å². The van der Waals surface area contributed by atoms with E-state index < -0.39 is 0 Å². The van der Waals surface area contributed by atoms with Crippen LogP contribution in [-0.2, 0) is 0 Å². The van der Waals surface area contributed by atoms with Crippen LogP contribution in [0.4, 0.5) is 0 Å². The molecule has 0 aromatic heterocycles. The molecule has 2 saturated carbocycles. The van der Waals surface area contributed by atoms with E-state index >= 15 is 0 Å². The van der Waals surface area contributed by atoms with Gasteiger partial charge in [-0.25, -0.2) is 0 Å². The van der Waals surface area contributed by atoms with E-state index in [4.69, 9.17) is 0 Å². The van der Waals surface area contributed by atoms with Gasteiger partial charge in [-0.1, -0.05) is 0 Å². The topological polar surface area (TPSA) is 0 Å². The summed E-state index contributed by atoms with van der Waals surface area (Å²) in [6.45, 7) is 0. The van der Waals surface area contributed by atoms with Crippen LogP contribution in [0, 0.1) is 23.7 Å². The SMILES string of the molecule is C1CC2C3C[I-]CC(C3)[C@H]2C1. The van der Waals surface area contributed by atoms with E-state index in [0.29, 0.717) is 21.2 Å². The molecule has 0 aromatic carbocycles. The summed E-state index contributed by atoms with van der Waals surface area (Å²) in [6, 6.07) is 0. The number of hydrogen-bond donors (Lipinski definition) is 0. The minimum atomic E-state index is 0.670. The van der Waals surface area contributed by atoms with E-state index in [0.717, 1.165) is 0 Å². The van der Waals surface area contributed by atoms with E-state index in [9.17, 15) is 0 Å². The maximum atomic E-state index is 1.69. The summed E-state index contributed by atoms with van der Waals surface area (Å²) in [5.41, 5.74) is 0. The number of rotatable bonds is 0. The Balaban J connectivity index is 1.88. The fourth-order valence-electron chi connectivity index (χ4n) is 3.62. The molecule has 0 spiro atoms. The van der Waals surface area contributed by atoms with Crippen molar-refractivity contribution >= 4 is 0 Å². The first-order chi connectivity index (χ1) is 5.45. The van der Waals surface area contributed by atoms with Gasteiger partial charge in [0.2, 0.25) is 0 Å². The molecule has 3 rings (SSSR count). The number of alkyl halides is 2. The van der Waals surface area contributed by atoms with Crippen LogP contribution in [0.1, 0.15) is 25.7 Å². The van der Waals surface area contributed by atoms with Gasteiger partial charge in [-0.15, -0.1) is 0 Å². The Morgan fingerprint density at radius 2 is 1.55 bits per heavy atom. The summed E-state index contributed by atoms with van der Waals surface area (Å²) in [6.07, 6.45) is 6.43. The standard InChI is InChI=1S/C10H16I/c1-2-9-7-4-8(6-11-5-7)10(9)3-1/h7-10H,1-6H2/q-1/t7?,8?,9-,10?/m1/s1. The van der Waals surface area contributed by atoms with Crippen LogP contribution in [0.25, 0.3) is 0 Å². The average Bonchev–Trinajstić information content (AvgIpc) is 2.58. The number of halogens is 1. The molecule has 0 N–H and O–H groups in total. The molecule has 1 aliphatic heterocycles. The molecular weight excluding hydrogens is 247 g/mol. The first-order valence-corrected chi connectivity index (χ1v) is 8.04. The zero-order chi connectivity index (χ0) is 7.26. The van der Waals surface area contributed by atoms with Crippen molar-refractivity contribution in [3.8, 4) is 0 Å². The summed E-state index contributed by atoms with van der Waals surface area (Å²) < 4.78 is 3.38. The van der Waals surface area contributed by atoms with Crippen LogP contribution < -0.4 is 21.2 Å². The Hall–Kier alpha value is 0.730. The molecule has 2 aliphatic carbocycles. The maximum absolute atomic E-state index is 1.69. The molecule has 1 heteroatoms. The zero-order valence-corrected chi connectivity index (χ0v) is 9.09. The molecule has 0 radical (unpaired) electrons. The molecule has 2 bridgehead atoms. The Bertz CT molecular complexity index is 150. The second kappa shape index (κ2) is 2.61. The van der Waals surface area contributed by atoms with Crippen LogP contribution in [-0.4, -0.2) is 8.86 Å². The van der Waals surface area contributed by atoms with E-state index in [1.54, 1.807) is 34.5 Å². The number of hydrogen-bond acceptors (Lipinski definition) is 0. The summed E-state index contributed by atoms with van der Waals surface area (Å²) in [5.74, 6) is 4.91. The molecule has 3 fully saturated rings. The summed E-state index contributed by atoms with van der Waals surface area (Å²) >= 11 is 0.670. The molecule has 1 saturated heterocycles. The molecule has 11 heavy (non-hydrogen) atoms. The van der Waals surface area contributed by atoms with Crippen molar-refractivity contribution in [1.82, 2.24) is 0 Å². The molecule has 0 nitrogen and oxygen atoms in total. The monoisotopic (exact) mass is 263 g/mol. The molecule has 0 aromatic rings. The van der Waals surface area contributed by atoms with Gasteiger partial charge in [0.1, 0.15) is 0 Å². The van der Waals surface area contributed by atoms with Crippen LogP contribution in [0.15, 0.2) is 0 Å². The fourth-order valence-corrected chi connectivity index (χ4v) is 7.61. The average molecular weight is 263 g/mol. The van der Waals surface area contributed by atoms with Crippen molar-refractivity contribution in [3.63, 3.8) is 0 Å². The van der Waals surface area contributed by atoms with Crippen LogP contribution in [0.5, 0.6) is 0 Å².